The van der Waals surface area contributed by atoms with Crippen LogP contribution in [-0.2, 0) is 4.74 Å². The zero-order chi connectivity index (χ0) is 16.3. The first-order valence-corrected chi connectivity index (χ1v) is 9.60. The van der Waals surface area contributed by atoms with E-state index in [0.717, 1.165) is 51.1 Å². The lowest BCUT2D eigenvalue weighted by Crippen LogP contribution is -2.38. The van der Waals surface area contributed by atoms with Gasteiger partial charge in [0.15, 0.2) is 5.96 Å². The molecule has 24 heavy (non-hydrogen) atoms. The number of rotatable bonds is 11. The maximum atomic E-state index is 5.67. The summed E-state index contributed by atoms with van der Waals surface area (Å²) in [6.45, 7) is 12.7. The van der Waals surface area contributed by atoms with E-state index in [2.05, 4.69) is 29.4 Å². The van der Waals surface area contributed by atoms with Crippen LogP contribution in [0.15, 0.2) is 4.99 Å². The second kappa shape index (κ2) is 13.2. The number of halogens is 1. The highest BCUT2D eigenvalue weighted by molar-refractivity contribution is 14.0. The number of aliphatic imine (C=N–C) groups is 1. The van der Waals surface area contributed by atoms with Gasteiger partial charge in [-0.25, -0.2) is 0 Å². The van der Waals surface area contributed by atoms with E-state index < -0.39 is 0 Å². The first-order chi connectivity index (χ1) is 11.3. The van der Waals surface area contributed by atoms with Gasteiger partial charge in [0, 0.05) is 39.4 Å². The molecule has 1 aliphatic carbocycles. The van der Waals surface area contributed by atoms with Crippen LogP contribution in [-0.4, -0.2) is 63.3 Å². The summed E-state index contributed by atoms with van der Waals surface area (Å²) in [6.07, 6.45) is 6.50. The third kappa shape index (κ3) is 10.0. The van der Waals surface area contributed by atoms with Gasteiger partial charge >= 0.3 is 0 Å². The van der Waals surface area contributed by atoms with Crippen LogP contribution in [0.5, 0.6) is 0 Å². The summed E-state index contributed by atoms with van der Waals surface area (Å²) in [5.74, 6) is 2.42. The van der Waals surface area contributed by atoms with Gasteiger partial charge in [-0.15, -0.1) is 24.0 Å². The molecule has 0 bridgehead atoms. The largest absolute Gasteiger partial charge is 0.381 e. The summed E-state index contributed by atoms with van der Waals surface area (Å²) < 4.78 is 5.67. The minimum absolute atomic E-state index is 0. The Labute approximate surface area is 165 Å². The Morgan fingerprint density at radius 1 is 1.25 bits per heavy atom. The third-order valence-corrected chi connectivity index (χ3v) is 4.48. The summed E-state index contributed by atoms with van der Waals surface area (Å²) in [7, 11) is 0. The second-order valence-electron chi connectivity index (χ2n) is 7.13. The predicted octanol–water partition coefficient (Wildman–Crippen LogP) is 2.71. The van der Waals surface area contributed by atoms with Gasteiger partial charge in [-0.1, -0.05) is 6.92 Å². The number of nitrogens with zero attached hydrogens (tertiary/aromatic N) is 2. The Kier molecular flexibility index (Phi) is 12.0. The smallest absolute Gasteiger partial charge is 0.191 e. The molecule has 0 aromatic carbocycles. The summed E-state index contributed by atoms with van der Waals surface area (Å²) in [5, 5.41) is 6.75. The zero-order valence-corrected chi connectivity index (χ0v) is 17.9. The topological polar surface area (TPSA) is 48.9 Å². The van der Waals surface area contributed by atoms with Crippen LogP contribution in [0.2, 0.25) is 0 Å². The Morgan fingerprint density at radius 3 is 2.67 bits per heavy atom. The van der Waals surface area contributed by atoms with E-state index in [0.29, 0.717) is 5.92 Å². The fourth-order valence-corrected chi connectivity index (χ4v) is 2.97. The molecule has 0 radical (unpaired) electrons. The molecule has 0 aromatic rings. The Morgan fingerprint density at radius 2 is 2.00 bits per heavy atom. The van der Waals surface area contributed by atoms with Crippen LogP contribution in [0.1, 0.15) is 46.0 Å². The Bertz CT molecular complexity index is 344. The molecule has 142 valence electrons. The molecular weight excluding hydrogens is 415 g/mol. The lowest BCUT2D eigenvalue weighted by Gasteiger charge is -2.19. The van der Waals surface area contributed by atoms with E-state index in [9.17, 15) is 0 Å². The van der Waals surface area contributed by atoms with Crippen molar-refractivity contribution >= 4 is 29.9 Å². The van der Waals surface area contributed by atoms with Crippen molar-refractivity contribution in [2.24, 2.45) is 16.8 Å². The molecule has 6 heteroatoms. The van der Waals surface area contributed by atoms with Crippen LogP contribution in [0.25, 0.3) is 0 Å². The minimum atomic E-state index is 0. The molecule has 0 aromatic heterocycles. The van der Waals surface area contributed by atoms with Crippen molar-refractivity contribution in [3.05, 3.63) is 0 Å². The first kappa shape index (κ1) is 22.0. The lowest BCUT2D eigenvalue weighted by atomic mass is 10.2. The van der Waals surface area contributed by atoms with E-state index >= 15 is 0 Å². The van der Waals surface area contributed by atoms with E-state index in [1.807, 2.05) is 0 Å². The fraction of sp³-hybridized carbons (Fsp3) is 0.944. The quantitative estimate of drug-likeness (QED) is 0.219. The van der Waals surface area contributed by atoms with E-state index in [4.69, 9.17) is 9.73 Å². The second-order valence-corrected chi connectivity index (χ2v) is 7.13. The average Bonchev–Trinajstić information content (AvgIpc) is 3.23. The van der Waals surface area contributed by atoms with Crippen molar-refractivity contribution in [1.29, 1.82) is 0 Å². The minimum Gasteiger partial charge on any atom is -0.381 e. The van der Waals surface area contributed by atoms with Crippen molar-refractivity contribution in [1.82, 2.24) is 15.5 Å². The molecule has 2 fully saturated rings. The average molecular weight is 452 g/mol. The Hall–Kier alpha value is -0.0800. The van der Waals surface area contributed by atoms with E-state index in [1.165, 1.54) is 45.3 Å². The van der Waals surface area contributed by atoms with Gasteiger partial charge in [0.1, 0.15) is 0 Å². The molecule has 2 rings (SSSR count). The standard InChI is InChI=1S/C18H36N4O.HI/c1-3-19-18(20-9-6-12-23-15-17-7-8-17)21-13-16(2)14-22-10-4-5-11-22;/h16-17H,3-15H2,1-2H3,(H2,19,20,21);1H. The van der Waals surface area contributed by atoms with Crippen molar-refractivity contribution in [2.75, 3.05) is 52.5 Å². The SMILES string of the molecule is CCNC(=NCC(C)CN1CCCC1)NCCCOCC1CC1.I. The van der Waals surface area contributed by atoms with Crippen LogP contribution in [0.3, 0.4) is 0 Å². The highest BCUT2D eigenvalue weighted by Gasteiger charge is 2.20. The molecule has 1 heterocycles. The van der Waals surface area contributed by atoms with Gasteiger partial charge < -0.3 is 20.3 Å². The van der Waals surface area contributed by atoms with Crippen molar-refractivity contribution < 1.29 is 4.74 Å². The number of guanidine groups is 1. The molecule has 1 aliphatic heterocycles. The highest BCUT2D eigenvalue weighted by Crippen LogP contribution is 2.28. The molecule has 1 saturated carbocycles. The predicted molar refractivity (Wildman–Crippen MR) is 112 cm³/mol. The van der Waals surface area contributed by atoms with Gasteiger partial charge in [-0.05, 0) is 64.0 Å². The Balaban J connectivity index is 0.00000288. The normalized spacial score (nSPS) is 19.8. The van der Waals surface area contributed by atoms with Gasteiger partial charge in [-0.2, -0.15) is 0 Å². The van der Waals surface area contributed by atoms with E-state index in [-0.39, 0.29) is 24.0 Å². The number of hydrogen-bond donors (Lipinski definition) is 2. The van der Waals surface area contributed by atoms with Gasteiger partial charge in [-0.3, -0.25) is 4.99 Å². The molecule has 0 amide bonds. The molecular formula is C18H37IN4O. The molecule has 2 N–H and O–H groups in total. The van der Waals surface area contributed by atoms with Gasteiger partial charge in [0.05, 0.1) is 0 Å². The maximum absolute atomic E-state index is 5.67. The third-order valence-electron chi connectivity index (χ3n) is 4.48. The van der Waals surface area contributed by atoms with Crippen molar-refractivity contribution in [2.45, 2.75) is 46.0 Å². The molecule has 1 unspecified atom stereocenters. The summed E-state index contributed by atoms with van der Waals surface area (Å²) in [6, 6.07) is 0. The molecule has 1 saturated heterocycles. The van der Waals surface area contributed by atoms with Crippen LogP contribution >= 0.6 is 24.0 Å². The fourth-order valence-electron chi connectivity index (χ4n) is 2.97. The van der Waals surface area contributed by atoms with Crippen molar-refractivity contribution in [3.63, 3.8) is 0 Å². The lowest BCUT2D eigenvalue weighted by molar-refractivity contribution is 0.123. The molecule has 0 spiro atoms. The highest BCUT2D eigenvalue weighted by atomic mass is 127. The molecule has 5 nitrogen and oxygen atoms in total. The van der Waals surface area contributed by atoms with Crippen molar-refractivity contribution in [3.8, 4) is 0 Å². The number of ether oxygens (including phenoxy) is 1. The number of hydrogen-bond acceptors (Lipinski definition) is 3. The molecule has 2 aliphatic rings. The van der Waals surface area contributed by atoms with Gasteiger partial charge in [0.2, 0.25) is 0 Å². The summed E-state index contributed by atoms with van der Waals surface area (Å²) >= 11 is 0. The van der Waals surface area contributed by atoms with Crippen LogP contribution < -0.4 is 10.6 Å². The summed E-state index contributed by atoms with van der Waals surface area (Å²) in [4.78, 5) is 7.31. The molecule has 1 atom stereocenters. The number of likely N-dealkylation sites (tertiary alicyclic amines) is 1. The van der Waals surface area contributed by atoms with Gasteiger partial charge in [0.25, 0.3) is 0 Å². The zero-order valence-electron chi connectivity index (χ0n) is 15.6. The monoisotopic (exact) mass is 452 g/mol. The van der Waals surface area contributed by atoms with Crippen LogP contribution in [0.4, 0.5) is 0 Å². The first-order valence-electron chi connectivity index (χ1n) is 9.60. The maximum Gasteiger partial charge on any atom is 0.191 e. The van der Waals surface area contributed by atoms with E-state index in [1.54, 1.807) is 0 Å². The number of nitrogens with one attached hydrogen (secondary N) is 2. The van der Waals surface area contributed by atoms with Crippen LogP contribution in [0, 0.1) is 11.8 Å². The summed E-state index contributed by atoms with van der Waals surface area (Å²) in [5.41, 5.74) is 0.